The van der Waals surface area contributed by atoms with Crippen LogP contribution in [-0.4, -0.2) is 24.6 Å². The molecule has 2 rings (SSSR count). The van der Waals surface area contributed by atoms with Gasteiger partial charge >= 0.3 is 5.97 Å². The summed E-state index contributed by atoms with van der Waals surface area (Å²) in [6.45, 7) is 1.62. The van der Waals surface area contributed by atoms with Crippen LogP contribution in [0.25, 0.3) is 10.9 Å². The van der Waals surface area contributed by atoms with Crippen LogP contribution < -0.4 is 11.5 Å². The number of aromatic nitrogens is 1. The summed E-state index contributed by atoms with van der Waals surface area (Å²) in [5.41, 5.74) is 0.777. The van der Waals surface area contributed by atoms with Gasteiger partial charge in [-0.25, -0.2) is 13.8 Å². The predicted octanol–water partition coefficient (Wildman–Crippen LogP) is 3.33. The highest BCUT2D eigenvalue weighted by molar-refractivity contribution is 9.10. The molecule has 0 amide bonds. The zero-order valence-corrected chi connectivity index (χ0v) is 13.1. The summed E-state index contributed by atoms with van der Waals surface area (Å²) >= 11 is 3.27. The Kier molecular flexibility index (Phi) is 5.56. The molecule has 0 atom stereocenters. The number of halogens is 3. The van der Waals surface area contributed by atoms with Crippen molar-refractivity contribution < 1.29 is 18.3 Å². The molecule has 0 radical (unpaired) electrons. The molecule has 1 aromatic heterocycles. The summed E-state index contributed by atoms with van der Waals surface area (Å²) in [6.07, 6.45) is 0. The van der Waals surface area contributed by atoms with Crippen LogP contribution in [0.1, 0.15) is 5.56 Å². The normalized spacial score (nSPS) is 10.1. The molecular weight excluding hydrogens is 348 g/mol. The van der Waals surface area contributed by atoms with Crippen molar-refractivity contribution >= 4 is 38.6 Å². The number of esters is 1. The average Bonchev–Trinajstić information content (AvgIpc) is 2.39. The Bertz CT molecular complexity index is 695. The van der Waals surface area contributed by atoms with Crippen LogP contribution >= 0.6 is 15.9 Å². The standard InChI is InChI=1S/C13H11BrF2N2O2.H3N/c1-6-12(14)11-8(16)3-7(15)4-9(11)18-13(6)17-5-10(19)20-2;/h3-4H,5H2,1-2H3,(H,17,18);1H3. The van der Waals surface area contributed by atoms with Gasteiger partial charge in [0, 0.05) is 22.2 Å². The van der Waals surface area contributed by atoms with E-state index in [9.17, 15) is 13.6 Å². The van der Waals surface area contributed by atoms with E-state index in [1.807, 2.05) is 0 Å². The zero-order chi connectivity index (χ0) is 14.9. The Labute approximate surface area is 128 Å². The first-order chi connectivity index (χ1) is 9.43. The Morgan fingerprint density at radius 3 is 2.71 bits per heavy atom. The Hall–Kier alpha value is -1.80. The monoisotopic (exact) mass is 361 g/mol. The number of nitrogens with one attached hydrogen (secondary N) is 1. The first kappa shape index (κ1) is 17.3. The van der Waals surface area contributed by atoms with Crippen molar-refractivity contribution in [2.75, 3.05) is 19.0 Å². The van der Waals surface area contributed by atoms with Crippen LogP contribution in [0.3, 0.4) is 0 Å². The molecule has 0 fully saturated rings. The minimum Gasteiger partial charge on any atom is -0.468 e. The van der Waals surface area contributed by atoms with Gasteiger partial charge in [-0.1, -0.05) is 0 Å². The number of ether oxygens (including phenoxy) is 1. The summed E-state index contributed by atoms with van der Waals surface area (Å²) in [5, 5.41) is 2.98. The first-order valence-corrected chi connectivity index (χ1v) is 6.49. The van der Waals surface area contributed by atoms with Gasteiger partial charge in [-0.2, -0.15) is 0 Å². The van der Waals surface area contributed by atoms with Crippen molar-refractivity contribution in [1.29, 1.82) is 0 Å². The average molecular weight is 362 g/mol. The number of rotatable bonds is 3. The zero-order valence-electron chi connectivity index (χ0n) is 11.5. The van der Waals surface area contributed by atoms with Crippen LogP contribution in [-0.2, 0) is 9.53 Å². The minimum atomic E-state index is -0.711. The SMILES string of the molecule is COC(=O)CNc1nc2cc(F)cc(F)c2c(Br)c1C.N. The number of hydrogen-bond donors (Lipinski definition) is 2. The number of methoxy groups -OCH3 is 1. The number of carbonyl (C=O) groups is 1. The summed E-state index contributed by atoms with van der Waals surface area (Å²) in [4.78, 5) is 15.2. The van der Waals surface area contributed by atoms with Crippen LogP contribution in [0.2, 0.25) is 0 Å². The molecule has 0 aliphatic rings. The second kappa shape index (κ2) is 6.77. The summed E-state index contributed by atoms with van der Waals surface area (Å²) in [5.74, 6) is -1.51. The van der Waals surface area contributed by atoms with Crippen molar-refractivity contribution in [3.05, 3.63) is 33.8 Å². The van der Waals surface area contributed by atoms with Gasteiger partial charge < -0.3 is 16.2 Å². The van der Waals surface area contributed by atoms with Crippen LogP contribution in [0, 0.1) is 18.6 Å². The third-order valence-electron chi connectivity index (χ3n) is 2.80. The Morgan fingerprint density at radius 1 is 1.43 bits per heavy atom. The fraction of sp³-hybridized carbons (Fsp3) is 0.231. The van der Waals surface area contributed by atoms with Crippen molar-refractivity contribution in [3.8, 4) is 0 Å². The molecule has 5 nitrogen and oxygen atoms in total. The third-order valence-corrected chi connectivity index (χ3v) is 3.79. The minimum absolute atomic E-state index is 0. The van der Waals surface area contributed by atoms with E-state index in [4.69, 9.17) is 0 Å². The lowest BCUT2D eigenvalue weighted by atomic mass is 10.1. The van der Waals surface area contributed by atoms with Gasteiger partial charge in [-0.3, -0.25) is 4.79 Å². The first-order valence-electron chi connectivity index (χ1n) is 5.69. The van der Waals surface area contributed by atoms with Crippen LogP contribution in [0.5, 0.6) is 0 Å². The highest BCUT2D eigenvalue weighted by atomic mass is 79.9. The maximum atomic E-state index is 13.8. The molecule has 0 spiro atoms. The lowest BCUT2D eigenvalue weighted by Crippen LogP contribution is -2.16. The van der Waals surface area contributed by atoms with E-state index >= 15 is 0 Å². The molecule has 0 aliphatic carbocycles. The molecular formula is C13H14BrF2N3O2. The molecule has 0 aliphatic heterocycles. The second-order valence-electron chi connectivity index (χ2n) is 4.11. The molecule has 0 saturated heterocycles. The highest BCUT2D eigenvalue weighted by Crippen LogP contribution is 2.32. The number of benzene rings is 1. The van der Waals surface area contributed by atoms with Crippen molar-refractivity contribution in [2.24, 2.45) is 0 Å². The highest BCUT2D eigenvalue weighted by Gasteiger charge is 2.15. The van der Waals surface area contributed by atoms with Crippen LogP contribution in [0.15, 0.2) is 16.6 Å². The maximum absolute atomic E-state index is 13.8. The van der Waals surface area contributed by atoms with Gasteiger partial charge in [0.25, 0.3) is 0 Å². The number of fused-ring (bicyclic) bond motifs is 1. The van der Waals surface area contributed by atoms with Gasteiger partial charge in [-0.05, 0) is 22.9 Å². The summed E-state index contributed by atoms with van der Waals surface area (Å²) in [6, 6.07) is 1.93. The summed E-state index contributed by atoms with van der Waals surface area (Å²) in [7, 11) is 1.27. The lowest BCUT2D eigenvalue weighted by Gasteiger charge is -2.12. The van der Waals surface area contributed by atoms with E-state index in [1.165, 1.54) is 7.11 Å². The van der Waals surface area contributed by atoms with Gasteiger partial charge in [0.05, 0.1) is 18.0 Å². The van der Waals surface area contributed by atoms with E-state index in [0.29, 0.717) is 15.9 Å². The lowest BCUT2D eigenvalue weighted by molar-refractivity contribution is -0.138. The second-order valence-corrected chi connectivity index (χ2v) is 4.90. The Morgan fingerprint density at radius 2 is 2.10 bits per heavy atom. The number of pyridine rings is 1. The van der Waals surface area contributed by atoms with Crippen LogP contribution in [0.4, 0.5) is 14.6 Å². The number of anilines is 1. The topological polar surface area (TPSA) is 86.2 Å². The van der Waals surface area contributed by atoms with Crippen molar-refractivity contribution in [3.63, 3.8) is 0 Å². The molecule has 114 valence electrons. The molecule has 0 saturated carbocycles. The van der Waals surface area contributed by atoms with E-state index in [0.717, 1.165) is 12.1 Å². The van der Waals surface area contributed by atoms with E-state index in [1.54, 1.807) is 6.92 Å². The summed E-state index contributed by atoms with van der Waals surface area (Å²) < 4.78 is 32.0. The number of carbonyl (C=O) groups excluding carboxylic acids is 1. The molecule has 1 heterocycles. The Balaban J connectivity index is 0.00000220. The predicted molar refractivity (Wildman–Crippen MR) is 79.6 cm³/mol. The van der Waals surface area contributed by atoms with Gasteiger partial charge in [0.2, 0.25) is 0 Å². The number of nitrogens with zero attached hydrogens (tertiary/aromatic N) is 1. The smallest absolute Gasteiger partial charge is 0.325 e. The molecule has 0 bridgehead atoms. The molecule has 4 N–H and O–H groups in total. The van der Waals surface area contributed by atoms with Gasteiger partial charge in [0.15, 0.2) is 0 Å². The van der Waals surface area contributed by atoms with E-state index in [-0.39, 0.29) is 23.6 Å². The maximum Gasteiger partial charge on any atom is 0.325 e. The van der Waals surface area contributed by atoms with Gasteiger partial charge in [-0.15, -0.1) is 0 Å². The largest absolute Gasteiger partial charge is 0.468 e. The number of hydrogen-bond acceptors (Lipinski definition) is 5. The molecule has 1 aromatic carbocycles. The third kappa shape index (κ3) is 3.45. The van der Waals surface area contributed by atoms with E-state index < -0.39 is 17.6 Å². The van der Waals surface area contributed by atoms with Crippen molar-refractivity contribution in [1.82, 2.24) is 11.1 Å². The quantitative estimate of drug-likeness (QED) is 0.818. The molecule has 2 aromatic rings. The fourth-order valence-electron chi connectivity index (χ4n) is 1.76. The van der Waals surface area contributed by atoms with Gasteiger partial charge in [0.1, 0.15) is 24.0 Å². The molecule has 0 unspecified atom stereocenters. The van der Waals surface area contributed by atoms with E-state index in [2.05, 4.69) is 31.0 Å². The molecule has 8 heteroatoms. The fourth-order valence-corrected chi connectivity index (χ4v) is 2.34. The molecule has 21 heavy (non-hydrogen) atoms. The van der Waals surface area contributed by atoms with Crippen molar-refractivity contribution in [2.45, 2.75) is 6.92 Å².